The van der Waals surface area contributed by atoms with Crippen molar-refractivity contribution in [2.24, 2.45) is 0 Å². The third-order valence-corrected chi connectivity index (χ3v) is 6.71. The summed E-state index contributed by atoms with van der Waals surface area (Å²) in [5.41, 5.74) is 0.622. The minimum Gasteiger partial charge on any atom is -0.508 e. The molecule has 0 amide bonds. The van der Waals surface area contributed by atoms with E-state index in [4.69, 9.17) is 4.18 Å². The zero-order valence-electron chi connectivity index (χ0n) is 17.4. The van der Waals surface area contributed by atoms with Gasteiger partial charge in [-0.25, -0.2) is 0 Å². The summed E-state index contributed by atoms with van der Waals surface area (Å²) in [5.74, 6) is 0.415. The summed E-state index contributed by atoms with van der Waals surface area (Å²) in [6.07, 6.45) is 13.1. The zero-order valence-corrected chi connectivity index (χ0v) is 18.2. The SMILES string of the molecule is CCCCCCCCCCCC(CCC)S(=O)(=O)Oc1ccc(O)cc1C. The van der Waals surface area contributed by atoms with Crippen LogP contribution < -0.4 is 4.18 Å². The van der Waals surface area contributed by atoms with Crippen molar-refractivity contribution < 1.29 is 17.7 Å². The van der Waals surface area contributed by atoms with E-state index >= 15 is 0 Å². The van der Waals surface area contributed by atoms with Crippen LogP contribution in [-0.2, 0) is 10.1 Å². The number of aromatic hydroxyl groups is 1. The van der Waals surface area contributed by atoms with Gasteiger partial charge in [0.2, 0.25) is 0 Å². The van der Waals surface area contributed by atoms with Crippen LogP contribution in [0.5, 0.6) is 11.5 Å². The number of hydrogen-bond donors (Lipinski definition) is 1. The second kappa shape index (κ2) is 13.0. The highest BCUT2D eigenvalue weighted by Gasteiger charge is 2.27. The van der Waals surface area contributed by atoms with Gasteiger partial charge in [-0.05, 0) is 43.5 Å². The molecule has 0 saturated carbocycles. The molecule has 156 valence electrons. The van der Waals surface area contributed by atoms with E-state index in [9.17, 15) is 13.5 Å². The van der Waals surface area contributed by atoms with Crippen LogP contribution in [0.25, 0.3) is 0 Å². The Bertz CT molecular complexity index is 625. The third kappa shape index (κ3) is 9.50. The van der Waals surface area contributed by atoms with E-state index in [2.05, 4.69) is 6.92 Å². The van der Waals surface area contributed by atoms with Gasteiger partial charge in [0.15, 0.2) is 0 Å². The Morgan fingerprint density at radius 1 is 0.889 bits per heavy atom. The van der Waals surface area contributed by atoms with E-state index in [1.54, 1.807) is 6.92 Å². The van der Waals surface area contributed by atoms with Crippen molar-refractivity contribution in [3.8, 4) is 11.5 Å². The molecule has 1 unspecified atom stereocenters. The molecule has 0 radical (unpaired) electrons. The van der Waals surface area contributed by atoms with Crippen LogP contribution in [0.4, 0.5) is 0 Å². The summed E-state index contributed by atoms with van der Waals surface area (Å²) in [4.78, 5) is 0. The molecule has 0 heterocycles. The lowest BCUT2D eigenvalue weighted by molar-refractivity contribution is 0.447. The van der Waals surface area contributed by atoms with Crippen LogP contribution in [0.1, 0.15) is 96.5 Å². The van der Waals surface area contributed by atoms with E-state index in [0.717, 1.165) is 19.3 Å². The monoisotopic (exact) mass is 398 g/mol. The Kier molecular flexibility index (Phi) is 11.5. The van der Waals surface area contributed by atoms with Crippen molar-refractivity contribution in [2.75, 3.05) is 0 Å². The lowest BCUT2D eigenvalue weighted by Gasteiger charge is -2.18. The Morgan fingerprint density at radius 3 is 2.04 bits per heavy atom. The van der Waals surface area contributed by atoms with Gasteiger partial charge >= 0.3 is 10.1 Å². The lowest BCUT2D eigenvalue weighted by Crippen LogP contribution is -2.26. The highest BCUT2D eigenvalue weighted by atomic mass is 32.2. The molecule has 0 aliphatic heterocycles. The van der Waals surface area contributed by atoms with Crippen molar-refractivity contribution in [1.29, 1.82) is 0 Å². The van der Waals surface area contributed by atoms with E-state index < -0.39 is 15.4 Å². The van der Waals surface area contributed by atoms with Crippen LogP contribution >= 0.6 is 0 Å². The molecule has 1 N–H and O–H groups in total. The Hall–Kier alpha value is -1.23. The zero-order chi connectivity index (χ0) is 20.1. The molecule has 1 atom stereocenters. The molecule has 0 aromatic heterocycles. The van der Waals surface area contributed by atoms with Gasteiger partial charge < -0.3 is 9.29 Å². The van der Waals surface area contributed by atoms with Gasteiger partial charge in [0, 0.05) is 0 Å². The molecule has 27 heavy (non-hydrogen) atoms. The molecule has 0 fully saturated rings. The average Bonchev–Trinajstić information content (AvgIpc) is 2.61. The molecule has 0 aliphatic carbocycles. The third-order valence-electron chi connectivity index (χ3n) is 5.01. The van der Waals surface area contributed by atoms with Gasteiger partial charge in [0.1, 0.15) is 11.5 Å². The maximum absolute atomic E-state index is 12.7. The minimum atomic E-state index is -3.66. The lowest BCUT2D eigenvalue weighted by atomic mass is 10.0. The average molecular weight is 399 g/mol. The fourth-order valence-corrected chi connectivity index (χ4v) is 4.91. The maximum Gasteiger partial charge on any atom is 0.312 e. The van der Waals surface area contributed by atoms with Crippen LogP contribution in [0.3, 0.4) is 0 Å². The number of rotatable bonds is 15. The molecule has 0 aliphatic rings. The van der Waals surface area contributed by atoms with E-state index in [-0.39, 0.29) is 5.75 Å². The van der Waals surface area contributed by atoms with E-state index in [1.165, 1.54) is 63.1 Å². The molecule has 0 bridgehead atoms. The second-order valence-corrected chi connectivity index (χ2v) is 9.37. The predicted molar refractivity (Wildman–Crippen MR) is 113 cm³/mol. The van der Waals surface area contributed by atoms with Crippen molar-refractivity contribution in [3.05, 3.63) is 23.8 Å². The van der Waals surface area contributed by atoms with Crippen LogP contribution in [0, 0.1) is 6.92 Å². The maximum atomic E-state index is 12.7. The molecule has 5 heteroatoms. The number of unbranched alkanes of at least 4 members (excludes halogenated alkanes) is 8. The van der Waals surface area contributed by atoms with Crippen LogP contribution in [-0.4, -0.2) is 18.8 Å². The fraction of sp³-hybridized carbons (Fsp3) is 0.727. The van der Waals surface area contributed by atoms with Gasteiger partial charge in [-0.15, -0.1) is 0 Å². The smallest absolute Gasteiger partial charge is 0.312 e. The Balaban J connectivity index is 2.44. The highest BCUT2D eigenvalue weighted by molar-refractivity contribution is 7.87. The second-order valence-electron chi connectivity index (χ2n) is 7.55. The number of aryl methyl sites for hydroxylation is 1. The topological polar surface area (TPSA) is 63.6 Å². The molecule has 1 aromatic carbocycles. The van der Waals surface area contributed by atoms with Gasteiger partial charge in [0.25, 0.3) is 0 Å². The summed E-state index contributed by atoms with van der Waals surface area (Å²) in [6.45, 7) is 5.97. The van der Waals surface area contributed by atoms with Gasteiger partial charge in [0.05, 0.1) is 5.25 Å². The summed E-state index contributed by atoms with van der Waals surface area (Å²) in [5, 5.41) is 9.01. The first-order valence-corrected chi connectivity index (χ1v) is 12.1. The van der Waals surface area contributed by atoms with Gasteiger partial charge in [-0.2, -0.15) is 8.42 Å². The molecule has 1 aromatic rings. The molecule has 1 rings (SSSR count). The molecular formula is C22H38O4S. The summed E-state index contributed by atoms with van der Waals surface area (Å²) in [6, 6.07) is 4.48. The normalized spacial score (nSPS) is 12.9. The fourth-order valence-electron chi connectivity index (χ4n) is 3.36. The standard InChI is InChI=1S/C22H38O4S/c1-4-6-7-8-9-10-11-12-13-15-21(14-5-2)27(24,25)26-22-17-16-20(23)18-19(22)3/h16-18,21,23H,4-15H2,1-3H3. The number of phenols is 1. The summed E-state index contributed by atoms with van der Waals surface area (Å²) >= 11 is 0. The number of hydrogen-bond acceptors (Lipinski definition) is 4. The molecule has 4 nitrogen and oxygen atoms in total. The van der Waals surface area contributed by atoms with Crippen molar-refractivity contribution in [3.63, 3.8) is 0 Å². The van der Waals surface area contributed by atoms with Crippen molar-refractivity contribution in [2.45, 2.75) is 103 Å². The number of benzene rings is 1. The van der Waals surface area contributed by atoms with Crippen LogP contribution in [0.15, 0.2) is 18.2 Å². The Morgan fingerprint density at radius 2 is 1.48 bits per heavy atom. The molecular weight excluding hydrogens is 360 g/mol. The highest BCUT2D eigenvalue weighted by Crippen LogP contribution is 2.27. The summed E-state index contributed by atoms with van der Waals surface area (Å²) < 4.78 is 30.8. The largest absolute Gasteiger partial charge is 0.508 e. The first kappa shape index (κ1) is 23.8. The minimum absolute atomic E-state index is 0.108. The van der Waals surface area contributed by atoms with Crippen molar-refractivity contribution >= 4 is 10.1 Å². The quantitative estimate of drug-likeness (QED) is 0.270. The van der Waals surface area contributed by atoms with E-state index in [0.29, 0.717) is 24.2 Å². The predicted octanol–water partition coefficient (Wildman–Crippen LogP) is 6.50. The van der Waals surface area contributed by atoms with E-state index in [1.807, 2.05) is 6.92 Å². The van der Waals surface area contributed by atoms with Gasteiger partial charge in [-0.3, -0.25) is 0 Å². The molecule has 0 spiro atoms. The first-order chi connectivity index (χ1) is 12.9. The van der Waals surface area contributed by atoms with Crippen LogP contribution in [0.2, 0.25) is 0 Å². The Labute approximate surface area is 166 Å². The van der Waals surface area contributed by atoms with Crippen molar-refractivity contribution in [1.82, 2.24) is 0 Å². The first-order valence-electron chi connectivity index (χ1n) is 10.6. The number of phenolic OH excluding ortho intramolecular Hbond substituents is 1. The molecule has 0 saturated heterocycles. The summed E-state index contributed by atoms with van der Waals surface area (Å²) in [7, 11) is -3.66. The van der Waals surface area contributed by atoms with Gasteiger partial charge in [-0.1, -0.05) is 78.1 Å².